The molecule has 0 unspecified atom stereocenters. The van der Waals surface area contributed by atoms with E-state index in [1.54, 1.807) is 19.4 Å². The lowest BCUT2D eigenvalue weighted by Crippen LogP contribution is -2.20. The Hall–Kier alpha value is -4.49. The minimum atomic E-state index is -0.247. The van der Waals surface area contributed by atoms with Crippen LogP contribution in [-0.2, 0) is 13.0 Å². The molecule has 0 radical (unpaired) electrons. The van der Waals surface area contributed by atoms with Crippen LogP contribution in [0.3, 0.4) is 0 Å². The number of allylic oxidation sites excluding steroid dienone is 1. The Balaban J connectivity index is 1.55. The molecule has 4 aromatic carbocycles. The first kappa shape index (κ1) is 26.1. The third kappa shape index (κ3) is 5.84. The number of para-hydroxylation sites is 1. The number of hydrogen-bond donors (Lipinski definition) is 0. The van der Waals surface area contributed by atoms with Crippen molar-refractivity contribution in [1.82, 2.24) is 9.66 Å². The average molecular weight is 580 g/mol. The van der Waals surface area contributed by atoms with Crippen molar-refractivity contribution in [3.05, 3.63) is 135 Å². The zero-order chi connectivity index (χ0) is 27.2. The summed E-state index contributed by atoms with van der Waals surface area (Å²) in [5, 5.41) is 5.10. The van der Waals surface area contributed by atoms with Crippen molar-refractivity contribution >= 4 is 33.0 Å². The van der Waals surface area contributed by atoms with Gasteiger partial charge in [0, 0.05) is 15.6 Å². The molecule has 0 aliphatic carbocycles. The predicted molar refractivity (Wildman–Crippen MR) is 160 cm³/mol. The Morgan fingerprint density at radius 2 is 1.74 bits per heavy atom. The molecular formula is C32H26BrN3O3. The van der Waals surface area contributed by atoms with Gasteiger partial charge in [0.25, 0.3) is 5.56 Å². The Morgan fingerprint density at radius 3 is 2.49 bits per heavy atom. The van der Waals surface area contributed by atoms with E-state index in [9.17, 15) is 4.79 Å². The average Bonchev–Trinajstić information content (AvgIpc) is 2.97. The van der Waals surface area contributed by atoms with Gasteiger partial charge in [0.15, 0.2) is 17.3 Å². The van der Waals surface area contributed by atoms with Crippen LogP contribution in [0.25, 0.3) is 22.3 Å². The van der Waals surface area contributed by atoms with Crippen LogP contribution in [0.5, 0.6) is 11.5 Å². The number of methoxy groups -OCH3 is 1. The third-order valence-electron chi connectivity index (χ3n) is 6.14. The van der Waals surface area contributed by atoms with Crippen LogP contribution in [-0.4, -0.2) is 23.0 Å². The standard InChI is InChI=1S/C32H26BrN3O3/c1-3-9-25-18-23(19-29(38-2)30(25)39-21-22-14-16-26(33)17-15-22)20-34-36-31(24-10-5-4-6-11-24)35-28-13-8-7-12-27(28)32(36)37/h3-8,10-20H,1,9,21H2,2H3. The molecule has 194 valence electrons. The SMILES string of the molecule is C=CCc1cc(C=Nn2c(-c3ccccc3)nc3ccccc3c2=O)cc(OC)c1OCc1ccc(Br)cc1. The highest BCUT2D eigenvalue weighted by molar-refractivity contribution is 9.10. The lowest BCUT2D eigenvalue weighted by Gasteiger charge is -2.16. The van der Waals surface area contributed by atoms with Crippen molar-refractivity contribution < 1.29 is 9.47 Å². The molecule has 1 aromatic heterocycles. The summed E-state index contributed by atoms with van der Waals surface area (Å²) in [6.45, 7) is 4.29. The second-order valence-corrected chi connectivity index (χ2v) is 9.72. The van der Waals surface area contributed by atoms with Gasteiger partial charge in [0.1, 0.15) is 6.61 Å². The van der Waals surface area contributed by atoms with Crippen molar-refractivity contribution in [3.63, 3.8) is 0 Å². The van der Waals surface area contributed by atoms with E-state index >= 15 is 0 Å². The van der Waals surface area contributed by atoms with Gasteiger partial charge in [-0.1, -0.05) is 76.6 Å². The summed E-state index contributed by atoms with van der Waals surface area (Å²) in [5.41, 5.74) is 3.85. The lowest BCUT2D eigenvalue weighted by atomic mass is 10.1. The minimum Gasteiger partial charge on any atom is -0.493 e. The van der Waals surface area contributed by atoms with Gasteiger partial charge in [-0.25, -0.2) is 4.98 Å². The van der Waals surface area contributed by atoms with Crippen LogP contribution >= 0.6 is 15.9 Å². The van der Waals surface area contributed by atoms with Crippen molar-refractivity contribution in [2.24, 2.45) is 5.10 Å². The topological polar surface area (TPSA) is 65.7 Å². The molecular weight excluding hydrogens is 554 g/mol. The molecule has 0 fully saturated rings. The van der Waals surface area contributed by atoms with Gasteiger partial charge in [-0.05, 0) is 53.9 Å². The summed E-state index contributed by atoms with van der Waals surface area (Å²) >= 11 is 3.46. The second-order valence-electron chi connectivity index (χ2n) is 8.80. The fourth-order valence-electron chi connectivity index (χ4n) is 4.25. The number of ether oxygens (including phenoxy) is 2. The number of benzene rings is 4. The van der Waals surface area contributed by atoms with Crippen LogP contribution < -0.4 is 15.0 Å². The van der Waals surface area contributed by atoms with Crippen LogP contribution in [0.2, 0.25) is 0 Å². The monoisotopic (exact) mass is 579 g/mol. The molecule has 39 heavy (non-hydrogen) atoms. The van der Waals surface area contributed by atoms with E-state index < -0.39 is 0 Å². The molecule has 0 aliphatic heterocycles. The number of fused-ring (bicyclic) bond motifs is 1. The molecule has 1 heterocycles. The zero-order valence-corrected chi connectivity index (χ0v) is 23.0. The van der Waals surface area contributed by atoms with Gasteiger partial charge in [-0.15, -0.1) is 6.58 Å². The van der Waals surface area contributed by atoms with Gasteiger partial charge in [-0.2, -0.15) is 9.78 Å². The van der Waals surface area contributed by atoms with Crippen molar-refractivity contribution in [1.29, 1.82) is 0 Å². The fraction of sp³-hybridized carbons (Fsp3) is 0.0938. The highest BCUT2D eigenvalue weighted by Crippen LogP contribution is 2.34. The van der Waals surface area contributed by atoms with Crippen LogP contribution in [0.4, 0.5) is 0 Å². The smallest absolute Gasteiger partial charge is 0.282 e. The highest BCUT2D eigenvalue weighted by Gasteiger charge is 2.15. The number of rotatable bonds is 9. The first-order valence-corrected chi connectivity index (χ1v) is 13.2. The second kappa shape index (κ2) is 11.9. The van der Waals surface area contributed by atoms with Crippen molar-refractivity contribution in [2.45, 2.75) is 13.0 Å². The normalized spacial score (nSPS) is 11.1. The first-order valence-electron chi connectivity index (χ1n) is 12.4. The highest BCUT2D eigenvalue weighted by atomic mass is 79.9. The Morgan fingerprint density at radius 1 is 1.00 bits per heavy atom. The van der Waals surface area contributed by atoms with Gasteiger partial charge >= 0.3 is 0 Å². The Bertz CT molecular complexity index is 1710. The van der Waals surface area contributed by atoms with E-state index in [1.807, 2.05) is 91.0 Å². The number of halogens is 1. The maximum Gasteiger partial charge on any atom is 0.282 e. The maximum atomic E-state index is 13.5. The van der Waals surface area contributed by atoms with Crippen LogP contribution in [0.1, 0.15) is 16.7 Å². The molecule has 0 saturated heterocycles. The van der Waals surface area contributed by atoms with E-state index in [0.29, 0.717) is 41.3 Å². The molecule has 0 atom stereocenters. The fourth-order valence-corrected chi connectivity index (χ4v) is 4.51. The van der Waals surface area contributed by atoms with Crippen molar-refractivity contribution in [3.8, 4) is 22.9 Å². The van der Waals surface area contributed by atoms with Crippen LogP contribution in [0, 0.1) is 0 Å². The van der Waals surface area contributed by atoms with E-state index in [0.717, 1.165) is 26.7 Å². The first-order chi connectivity index (χ1) is 19.1. The summed E-state index contributed by atoms with van der Waals surface area (Å²) in [7, 11) is 1.60. The largest absolute Gasteiger partial charge is 0.493 e. The molecule has 7 heteroatoms. The number of nitrogens with zero attached hydrogens (tertiary/aromatic N) is 3. The van der Waals surface area contributed by atoms with E-state index in [-0.39, 0.29) is 5.56 Å². The van der Waals surface area contributed by atoms with Gasteiger partial charge in [0.2, 0.25) is 0 Å². The lowest BCUT2D eigenvalue weighted by molar-refractivity contribution is 0.282. The molecule has 0 N–H and O–H groups in total. The number of aromatic nitrogens is 2. The number of hydrogen-bond acceptors (Lipinski definition) is 5. The molecule has 0 saturated carbocycles. The van der Waals surface area contributed by atoms with E-state index in [1.165, 1.54) is 4.68 Å². The molecule has 6 nitrogen and oxygen atoms in total. The van der Waals surface area contributed by atoms with Gasteiger partial charge in [-0.3, -0.25) is 4.79 Å². The summed E-state index contributed by atoms with van der Waals surface area (Å²) in [4.78, 5) is 18.2. The van der Waals surface area contributed by atoms with Crippen LogP contribution in [0.15, 0.2) is 118 Å². The molecule has 5 rings (SSSR count). The quantitative estimate of drug-likeness (QED) is 0.139. The Labute approximate surface area is 235 Å². The summed E-state index contributed by atoms with van der Waals surface area (Å²) in [6, 6.07) is 28.6. The summed E-state index contributed by atoms with van der Waals surface area (Å²) < 4.78 is 14.3. The molecule has 5 aromatic rings. The Kier molecular flexibility index (Phi) is 7.99. The maximum absolute atomic E-state index is 13.5. The van der Waals surface area contributed by atoms with Gasteiger partial charge in [0.05, 0.1) is 24.2 Å². The van der Waals surface area contributed by atoms with E-state index in [4.69, 9.17) is 14.5 Å². The summed E-state index contributed by atoms with van der Waals surface area (Å²) in [6.07, 6.45) is 4.02. The summed E-state index contributed by atoms with van der Waals surface area (Å²) in [5.74, 6) is 1.68. The van der Waals surface area contributed by atoms with Crippen molar-refractivity contribution in [2.75, 3.05) is 7.11 Å². The molecule has 0 spiro atoms. The third-order valence-corrected chi connectivity index (χ3v) is 6.67. The molecule has 0 amide bonds. The zero-order valence-electron chi connectivity index (χ0n) is 21.4. The predicted octanol–water partition coefficient (Wildman–Crippen LogP) is 7.02. The molecule has 0 bridgehead atoms. The minimum absolute atomic E-state index is 0.247. The van der Waals surface area contributed by atoms with Gasteiger partial charge < -0.3 is 9.47 Å². The van der Waals surface area contributed by atoms with E-state index in [2.05, 4.69) is 27.6 Å². The molecule has 0 aliphatic rings.